The van der Waals surface area contributed by atoms with Crippen molar-refractivity contribution in [2.24, 2.45) is 0 Å². The van der Waals surface area contributed by atoms with Crippen LogP contribution in [0.5, 0.6) is 0 Å². The van der Waals surface area contributed by atoms with Crippen LogP contribution in [-0.4, -0.2) is 75.0 Å². The van der Waals surface area contributed by atoms with Crippen molar-refractivity contribution in [2.75, 3.05) is 37.8 Å². The van der Waals surface area contributed by atoms with Crippen molar-refractivity contribution >= 4 is 43.4 Å². The van der Waals surface area contributed by atoms with Gasteiger partial charge in [-0.1, -0.05) is 35.5 Å². The number of piperidine rings is 1. The van der Waals surface area contributed by atoms with Crippen LogP contribution in [0, 0.1) is 0 Å². The Hall–Kier alpha value is -3.27. The van der Waals surface area contributed by atoms with Crippen molar-refractivity contribution in [3.05, 3.63) is 60.6 Å². The SMILES string of the molecule is C=S(C)(=CC)N1CCC(c2ccc(-c3cc4nccnc4c(N/C=C\C4CNC(=O)CO4)n3)cc2)CC1. The topological polar surface area (TPSA) is 92.3 Å². The van der Waals surface area contributed by atoms with E-state index in [2.05, 4.69) is 73.6 Å². The fourth-order valence-corrected chi connectivity index (χ4v) is 6.11. The number of ether oxygens (including phenoxy) is 1. The molecule has 8 nitrogen and oxygen atoms in total. The lowest BCUT2D eigenvalue weighted by molar-refractivity contribution is -0.131. The molecule has 2 aliphatic heterocycles. The van der Waals surface area contributed by atoms with Crippen LogP contribution in [0.25, 0.3) is 22.3 Å². The number of carbonyl (C=O) groups excluding carboxylic acids is 1. The summed E-state index contributed by atoms with van der Waals surface area (Å²) >= 11 is 0. The van der Waals surface area contributed by atoms with Gasteiger partial charge in [-0.05, 0) is 49.6 Å². The van der Waals surface area contributed by atoms with Crippen LogP contribution in [0.15, 0.2) is 55.0 Å². The Balaban J connectivity index is 1.32. The minimum atomic E-state index is -1.00. The molecule has 0 spiro atoms. The zero-order valence-corrected chi connectivity index (χ0v) is 22.2. The smallest absolute Gasteiger partial charge is 0.246 e. The molecular formula is C28H34N6O2S. The number of rotatable bonds is 6. The maximum Gasteiger partial charge on any atom is 0.246 e. The fraction of sp³-hybridized carbons (Fsp3) is 0.357. The van der Waals surface area contributed by atoms with Crippen molar-refractivity contribution in [3.63, 3.8) is 0 Å². The third-order valence-corrected chi connectivity index (χ3v) is 9.71. The Morgan fingerprint density at radius 1 is 1.19 bits per heavy atom. The van der Waals surface area contributed by atoms with E-state index >= 15 is 0 Å². The maximum absolute atomic E-state index is 11.3. The lowest BCUT2D eigenvalue weighted by atomic mass is 9.89. The molecule has 3 aromatic rings. The molecule has 5 rings (SSSR count). The highest BCUT2D eigenvalue weighted by Gasteiger charge is 2.22. The molecule has 194 valence electrons. The zero-order valence-electron chi connectivity index (χ0n) is 21.4. The first-order valence-corrected chi connectivity index (χ1v) is 14.9. The van der Waals surface area contributed by atoms with Gasteiger partial charge in [0.25, 0.3) is 0 Å². The summed E-state index contributed by atoms with van der Waals surface area (Å²) in [6.45, 7) is 4.83. The van der Waals surface area contributed by atoms with Crippen molar-refractivity contribution in [3.8, 4) is 11.3 Å². The van der Waals surface area contributed by atoms with Crippen molar-refractivity contribution in [1.29, 1.82) is 0 Å². The molecule has 2 saturated heterocycles. The minimum Gasteiger partial charge on any atom is -0.362 e. The molecule has 2 unspecified atom stereocenters. The minimum absolute atomic E-state index is 0.0693. The van der Waals surface area contributed by atoms with Gasteiger partial charge in [0, 0.05) is 43.8 Å². The largest absolute Gasteiger partial charge is 0.362 e. The van der Waals surface area contributed by atoms with Crippen molar-refractivity contribution in [1.82, 2.24) is 24.6 Å². The summed E-state index contributed by atoms with van der Waals surface area (Å²) < 4.78 is 8.06. The van der Waals surface area contributed by atoms with E-state index in [1.807, 2.05) is 12.1 Å². The van der Waals surface area contributed by atoms with E-state index in [4.69, 9.17) is 9.72 Å². The summed E-state index contributed by atoms with van der Waals surface area (Å²) in [5.74, 6) is 5.54. The van der Waals surface area contributed by atoms with Crippen LogP contribution in [0.1, 0.15) is 31.2 Å². The van der Waals surface area contributed by atoms with Gasteiger partial charge in [0.1, 0.15) is 12.1 Å². The van der Waals surface area contributed by atoms with Crippen LogP contribution in [0.3, 0.4) is 0 Å². The average Bonchev–Trinajstić information content (AvgIpc) is 2.94. The quantitative estimate of drug-likeness (QED) is 0.478. The first kappa shape index (κ1) is 25.4. The number of pyridine rings is 1. The second-order valence-electron chi connectivity index (χ2n) is 9.61. The molecule has 1 aromatic carbocycles. The van der Waals surface area contributed by atoms with Gasteiger partial charge >= 0.3 is 0 Å². The summed E-state index contributed by atoms with van der Waals surface area (Å²) in [5, 5.41) is 8.31. The molecule has 0 bridgehead atoms. The molecule has 0 saturated carbocycles. The monoisotopic (exact) mass is 518 g/mol. The van der Waals surface area contributed by atoms with E-state index in [-0.39, 0.29) is 18.6 Å². The number of morpholine rings is 1. The average molecular weight is 519 g/mol. The summed E-state index contributed by atoms with van der Waals surface area (Å²) in [4.78, 5) is 25.1. The molecule has 9 heteroatoms. The van der Waals surface area contributed by atoms with Gasteiger partial charge in [-0.2, -0.15) is 9.39 Å². The van der Waals surface area contributed by atoms with Crippen LogP contribution in [0.2, 0.25) is 0 Å². The number of carbonyl (C=O) groups is 1. The van der Waals surface area contributed by atoms with Crippen molar-refractivity contribution < 1.29 is 9.53 Å². The molecule has 37 heavy (non-hydrogen) atoms. The standard InChI is InChI=1S/C28H34N6O2S/c1-4-37(2,3)34-15-10-21(11-16-34)20-5-7-22(8-6-20)24-17-25-27(30-14-13-29-25)28(33-24)31-12-9-23-18-32-26(35)19-36-23/h4-9,12-14,17,21,23H,2,10-11,15-16,18-19H2,1,3H3,(H,31,33)(H,32,35)/b12-9-. The highest BCUT2D eigenvalue weighted by Crippen LogP contribution is 2.35. The zero-order chi connectivity index (χ0) is 25.8. The number of benzene rings is 1. The molecule has 0 aliphatic carbocycles. The third-order valence-electron chi connectivity index (χ3n) is 7.15. The van der Waals surface area contributed by atoms with E-state index in [9.17, 15) is 4.79 Å². The van der Waals surface area contributed by atoms with Crippen LogP contribution < -0.4 is 10.6 Å². The molecule has 4 heterocycles. The van der Waals surface area contributed by atoms with Gasteiger partial charge in [-0.15, -0.1) is 0 Å². The molecule has 2 aromatic heterocycles. The Labute approximate surface area is 218 Å². The third kappa shape index (κ3) is 5.84. The Bertz CT molecular complexity index is 1410. The Morgan fingerprint density at radius 3 is 2.65 bits per heavy atom. The van der Waals surface area contributed by atoms with Crippen molar-refractivity contribution in [2.45, 2.75) is 31.8 Å². The molecule has 0 radical (unpaired) electrons. The summed E-state index contributed by atoms with van der Waals surface area (Å²) in [6.07, 6.45) is 11.4. The van der Waals surface area contributed by atoms with Gasteiger partial charge in [0.15, 0.2) is 5.82 Å². The predicted molar refractivity (Wildman–Crippen MR) is 154 cm³/mol. The predicted octanol–water partition coefficient (Wildman–Crippen LogP) is 3.92. The first-order valence-electron chi connectivity index (χ1n) is 12.6. The number of fused-ring (bicyclic) bond motifs is 1. The van der Waals surface area contributed by atoms with E-state index < -0.39 is 9.39 Å². The van der Waals surface area contributed by atoms with Gasteiger partial charge in [0.05, 0.1) is 17.3 Å². The lowest BCUT2D eigenvalue weighted by Crippen LogP contribution is -2.42. The van der Waals surface area contributed by atoms with E-state index in [0.717, 1.165) is 42.7 Å². The second kappa shape index (κ2) is 11.0. The van der Waals surface area contributed by atoms with Gasteiger partial charge in [0.2, 0.25) is 5.91 Å². The number of amides is 1. The lowest BCUT2D eigenvalue weighted by Gasteiger charge is -2.36. The highest BCUT2D eigenvalue weighted by molar-refractivity contribution is 8.26. The Kier molecular flexibility index (Phi) is 7.55. The first-order chi connectivity index (χ1) is 17.9. The molecule has 2 fully saturated rings. The fourth-order valence-electron chi connectivity index (χ4n) is 4.77. The number of anilines is 1. The molecular weight excluding hydrogens is 484 g/mol. The summed E-state index contributed by atoms with van der Waals surface area (Å²) in [6, 6.07) is 10.8. The van der Waals surface area contributed by atoms with Crippen LogP contribution >= 0.6 is 9.39 Å². The van der Waals surface area contributed by atoms with Crippen LogP contribution in [-0.2, 0) is 9.53 Å². The molecule has 2 aliphatic rings. The van der Waals surface area contributed by atoms with E-state index in [1.165, 1.54) is 5.56 Å². The van der Waals surface area contributed by atoms with E-state index in [1.54, 1.807) is 18.6 Å². The number of aromatic nitrogens is 3. The van der Waals surface area contributed by atoms with Gasteiger partial charge in [-0.25, -0.2) is 9.97 Å². The molecule has 2 atom stereocenters. The summed E-state index contributed by atoms with van der Waals surface area (Å²) in [5.41, 5.74) is 4.72. The number of hydrogen-bond acceptors (Lipinski definition) is 7. The molecule has 1 amide bonds. The van der Waals surface area contributed by atoms with Gasteiger partial charge in [-0.3, -0.25) is 14.1 Å². The van der Waals surface area contributed by atoms with Crippen LogP contribution in [0.4, 0.5) is 5.82 Å². The highest BCUT2D eigenvalue weighted by atomic mass is 32.2. The van der Waals surface area contributed by atoms with Gasteiger partial charge < -0.3 is 15.4 Å². The Morgan fingerprint density at radius 2 is 1.95 bits per heavy atom. The maximum atomic E-state index is 11.3. The normalized spacial score (nSPS) is 21.0. The second-order valence-corrected chi connectivity index (χ2v) is 12.8. The summed E-state index contributed by atoms with van der Waals surface area (Å²) in [7, 11) is -1.00. The number of nitrogens with zero attached hydrogens (tertiary/aromatic N) is 4. The molecule has 2 N–H and O–H groups in total. The number of hydrogen-bond donors (Lipinski definition) is 2. The van der Waals surface area contributed by atoms with E-state index in [0.29, 0.717) is 23.8 Å². The number of nitrogens with one attached hydrogen (secondary N) is 2.